The number of hydrogen-bond acceptors (Lipinski definition) is 4. The normalized spacial score (nSPS) is 19.1. The zero-order chi connectivity index (χ0) is 13.1. The first-order valence-electron chi connectivity index (χ1n) is 7.05. The molecule has 1 aliphatic carbocycles. The Morgan fingerprint density at radius 1 is 1.42 bits per heavy atom. The molecule has 0 bridgehead atoms. The van der Waals surface area contributed by atoms with Gasteiger partial charge in [-0.2, -0.15) is 0 Å². The molecule has 0 saturated heterocycles. The summed E-state index contributed by atoms with van der Waals surface area (Å²) in [6.07, 6.45) is 6.69. The lowest BCUT2D eigenvalue weighted by molar-refractivity contribution is 0.683. The van der Waals surface area contributed by atoms with Gasteiger partial charge in [0.15, 0.2) is 0 Å². The maximum absolute atomic E-state index is 11.6. The van der Waals surface area contributed by atoms with Gasteiger partial charge in [0.05, 0.1) is 0 Å². The van der Waals surface area contributed by atoms with Crippen molar-refractivity contribution in [3.63, 3.8) is 0 Å². The fourth-order valence-corrected chi connectivity index (χ4v) is 2.36. The van der Waals surface area contributed by atoms with Gasteiger partial charge in [0.2, 0.25) is 0 Å². The fraction of sp³-hybridized carbons (Fsp3) is 0.571. The average Bonchev–Trinajstić information content (AvgIpc) is 3.24. The van der Waals surface area contributed by atoms with Crippen LogP contribution in [0.1, 0.15) is 37.4 Å². The van der Waals surface area contributed by atoms with E-state index in [1.165, 1.54) is 5.57 Å². The van der Waals surface area contributed by atoms with E-state index in [-0.39, 0.29) is 5.56 Å². The molecule has 0 atom stereocenters. The highest BCUT2D eigenvalue weighted by Crippen LogP contribution is 2.37. The van der Waals surface area contributed by atoms with Gasteiger partial charge in [-0.25, -0.2) is 4.98 Å². The van der Waals surface area contributed by atoms with Crippen LogP contribution in [-0.4, -0.2) is 29.6 Å². The van der Waals surface area contributed by atoms with Crippen LogP contribution in [0.15, 0.2) is 22.5 Å². The number of H-pyrrole nitrogens is 1. The van der Waals surface area contributed by atoms with Gasteiger partial charge < -0.3 is 15.6 Å². The van der Waals surface area contributed by atoms with Gasteiger partial charge >= 0.3 is 0 Å². The maximum atomic E-state index is 11.6. The molecule has 2 heterocycles. The van der Waals surface area contributed by atoms with Gasteiger partial charge in [-0.15, -0.1) is 0 Å². The van der Waals surface area contributed by atoms with Crippen LogP contribution in [0.2, 0.25) is 0 Å². The Balaban J connectivity index is 1.57. The van der Waals surface area contributed by atoms with E-state index in [1.54, 1.807) is 6.07 Å². The molecule has 3 N–H and O–H groups in total. The summed E-state index contributed by atoms with van der Waals surface area (Å²) in [5.41, 5.74) is 1.43. The van der Waals surface area contributed by atoms with Crippen molar-refractivity contribution >= 4 is 5.82 Å². The van der Waals surface area contributed by atoms with Crippen molar-refractivity contribution in [2.24, 2.45) is 0 Å². The summed E-state index contributed by atoms with van der Waals surface area (Å²) in [5, 5.41) is 6.57. The van der Waals surface area contributed by atoms with Gasteiger partial charge in [0.1, 0.15) is 11.6 Å². The first kappa shape index (κ1) is 12.4. The molecule has 5 heteroatoms. The Morgan fingerprint density at radius 2 is 2.32 bits per heavy atom. The molecule has 5 nitrogen and oxygen atoms in total. The second-order valence-corrected chi connectivity index (χ2v) is 5.28. The number of rotatable bonds is 5. The van der Waals surface area contributed by atoms with Crippen LogP contribution >= 0.6 is 0 Å². The second-order valence-electron chi connectivity index (χ2n) is 5.28. The van der Waals surface area contributed by atoms with Crippen LogP contribution < -0.4 is 16.2 Å². The van der Waals surface area contributed by atoms with Gasteiger partial charge in [0.25, 0.3) is 5.56 Å². The summed E-state index contributed by atoms with van der Waals surface area (Å²) in [6.45, 7) is 2.89. The quantitative estimate of drug-likeness (QED) is 0.699. The van der Waals surface area contributed by atoms with E-state index >= 15 is 0 Å². The minimum Gasteiger partial charge on any atom is -0.370 e. The SMILES string of the molecule is O=c1cc(NCCC2=CCNCC2)nc(C2CC2)[nH]1. The van der Waals surface area contributed by atoms with Crippen LogP contribution in [0.25, 0.3) is 0 Å². The first-order chi connectivity index (χ1) is 9.31. The molecule has 19 heavy (non-hydrogen) atoms. The van der Waals surface area contributed by atoms with Crippen molar-refractivity contribution in [3.8, 4) is 0 Å². The lowest BCUT2D eigenvalue weighted by Gasteiger charge is -2.14. The monoisotopic (exact) mass is 260 g/mol. The first-order valence-corrected chi connectivity index (χ1v) is 7.05. The molecule has 1 aromatic heterocycles. The van der Waals surface area contributed by atoms with Crippen LogP contribution in [-0.2, 0) is 0 Å². The minimum absolute atomic E-state index is 0.0551. The third-order valence-corrected chi connectivity index (χ3v) is 3.63. The van der Waals surface area contributed by atoms with Crippen molar-refractivity contribution in [1.29, 1.82) is 0 Å². The maximum Gasteiger partial charge on any atom is 0.252 e. The lowest BCUT2D eigenvalue weighted by Crippen LogP contribution is -2.21. The van der Waals surface area contributed by atoms with E-state index in [2.05, 4.69) is 26.7 Å². The van der Waals surface area contributed by atoms with Crippen LogP contribution in [0.4, 0.5) is 5.82 Å². The predicted octanol–water partition coefficient (Wildman–Crippen LogP) is 1.37. The fourth-order valence-electron chi connectivity index (χ4n) is 2.36. The highest BCUT2D eigenvalue weighted by molar-refractivity contribution is 5.34. The molecule has 102 valence electrons. The van der Waals surface area contributed by atoms with E-state index in [4.69, 9.17) is 0 Å². The number of aromatic nitrogens is 2. The molecule has 2 aliphatic rings. The number of aromatic amines is 1. The molecule has 0 radical (unpaired) electrons. The molecule has 1 aliphatic heterocycles. The van der Waals surface area contributed by atoms with Crippen molar-refractivity contribution in [1.82, 2.24) is 15.3 Å². The van der Waals surface area contributed by atoms with Crippen LogP contribution in [0.3, 0.4) is 0 Å². The van der Waals surface area contributed by atoms with Crippen molar-refractivity contribution in [2.45, 2.75) is 31.6 Å². The van der Waals surface area contributed by atoms with Gasteiger partial charge in [0, 0.05) is 25.1 Å². The summed E-state index contributed by atoms with van der Waals surface area (Å²) >= 11 is 0. The Morgan fingerprint density at radius 3 is 3.05 bits per heavy atom. The van der Waals surface area contributed by atoms with Crippen molar-refractivity contribution in [3.05, 3.63) is 33.9 Å². The number of hydrogen-bond donors (Lipinski definition) is 3. The zero-order valence-corrected chi connectivity index (χ0v) is 11.0. The molecule has 1 aromatic rings. The van der Waals surface area contributed by atoms with Gasteiger partial charge in [-0.3, -0.25) is 4.79 Å². The number of nitrogens with one attached hydrogen (secondary N) is 3. The minimum atomic E-state index is -0.0551. The smallest absolute Gasteiger partial charge is 0.252 e. The topological polar surface area (TPSA) is 69.8 Å². The summed E-state index contributed by atoms with van der Waals surface area (Å²) in [7, 11) is 0. The molecule has 1 saturated carbocycles. The summed E-state index contributed by atoms with van der Waals surface area (Å²) in [6, 6.07) is 1.54. The molecular formula is C14H20N4O. The molecule has 3 rings (SSSR count). The van der Waals surface area contributed by atoms with Crippen LogP contribution in [0, 0.1) is 0 Å². The number of anilines is 1. The van der Waals surface area contributed by atoms with Crippen LogP contribution in [0.5, 0.6) is 0 Å². The van der Waals surface area contributed by atoms with Crippen molar-refractivity contribution < 1.29 is 0 Å². The van der Waals surface area contributed by atoms with E-state index in [9.17, 15) is 4.79 Å². The molecule has 0 unspecified atom stereocenters. The standard InChI is InChI=1S/C14H20N4O/c19-13-9-12(17-14(18-13)11-1-2-11)16-8-5-10-3-6-15-7-4-10/h3,9,11,15H,1-2,4-8H2,(H2,16,17,18,19). The Kier molecular flexibility index (Phi) is 3.64. The lowest BCUT2D eigenvalue weighted by atomic mass is 10.1. The molecule has 0 aromatic carbocycles. The predicted molar refractivity (Wildman–Crippen MR) is 75.5 cm³/mol. The average molecular weight is 260 g/mol. The zero-order valence-electron chi connectivity index (χ0n) is 11.0. The third kappa shape index (κ3) is 3.44. The summed E-state index contributed by atoms with van der Waals surface area (Å²) < 4.78 is 0. The van der Waals surface area contributed by atoms with Gasteiger partial charge in [-0.05, 0) is 32.2 Å². The Bertz CT molecular complexity index is 530. The molecule has 0 amide bonds. The molecular weight excluding hydrogens is 240 g/mol. The second kappa shape index (κ2) is 5.57. The summed E-state index contributed by atoms with van der Waals surface area (Å²) in [4.78, 5) is 18.9. The van der Waals surface area contributed by atoms with E-state index < -0.39 is 0 Å². The van der Waals surface area contributed by atoms with Crippen molar-refractivity contribution in [2.75, 3.05) is 25.0 Å². The highest BCUT2D eigenvalue weighted by atomic mass is 16.1. The van der Waals surface area contributed by atoms with E-state index in [1.807, 2.05) is 0 Å². The van der Waals surface area contributed by atoms with Gasteiger partial charge in [-0.1, -0.05) is 11.6 Å². The summed E-state index contributed by atoms with van der Waals surface area (Å²) in [5.74, 6) is 2.03. The molecule has 1 fully saturated rings. The Hall–Kier alpha value is -1.62. The van der Waals surface area contributed by atoms with E-state index in [0.717, 1.165) is 51.1 Å². The largest absolute Gasteiger partial charge is 0.370 e. The highest BCUT2D eigenvalue weighted by Gasteiger charge is 2.26. The molecule has 0 spiro atoms. The third-order valence-electron chi connectivity index (χ3n) is 3.63. The Labute approximate surface area is 112 Å². The number of nitrogens with zero attached hydrogens (tertiary/aromatic N) is 1. The van der Waals surface area contributed by atoms with E-state index in [0.29, 0.717) is 11.7 Å².